The molecule has 0 unspecified atom stereocenters. The third-order valence-corrected chi connectivity index (χ3v) is 6.01. The van der Waals surface area contributed by atoms with Crippen molar-refractivity contribution in [1.82, 2.24) is 9.97 Å². The fourth-order valence-corrected chi connectivity index (χ4v) is 4.21. The van der Waals surface area contributed by atoms with E-state index >= 15 is 0 Å². The lowest BCUT2D eigenvalue weighted by Gasteiger charge is -2.10. The maximum absolute atomic E-state index is 10.3. The molecule has 0 aliphatic rings. The number of phenols is 3. The lowest BCUT2D eigenvalue weighted by molar-refractivity contribution is 0.466. The third kappa shape index (κ3) is 3.60. The van der Waals surface area contributed by atoms with Gasteiger partial charge >= 0.3 is 0 Å². The van der Waals surface area contributed by atoms with Gasteiger partial charge in [0.2, 0.25) is 0 Å². The molecule has 0 fully saturated rings. The first-order valence-electron chi connectivity index (χ1n) is 10.6. The van der Waals surface area contributed by atoms with Crippen molar-refractivity contribution >= 4 is 0 Å². The van der Waals surface area contributed by atoms with Crippen molar-refractivity contribution in [3.63, 3.8) is 0 Å². The molecule has 4 N–H and O–H groups in total. The first-order valence-corrected chi connectivity index (χ1v) is 10.6. The van der Waals surface area contributed by atoms with Gasteiger partial charge in [0, 0.05) is 16.7 Å². The molecule has 1 aromatic heterocycles. The number of phenolic OH excluding ortho intramolecular Hbond substituents is 3. The lowest BCUT2D eigenvalue weighted by atomic mass is 9.98. The number of aromatic nitrogens is 2. The number of aryl methyl sites for hydroxylation is 6. The minimum absolute atomic E-state index is 0.284. The van der Waals surface area contributed by atoms with Gasteiger partial charge in [0.25, 0.3) is 0 Å². The molecule has 0 amide bonds. The zero-order chi connectivity index (χ0) is 23.3. The average Bonchev–Trinajstić information content (AvgIpc) is 3.18. The van der Waals surface area contributed by atoms with Crippen molar-refractivity contribution in [3.8, 4) is 51.2 Å². The molecule has 164 valence electrons. The molecule has 5 heteroatoms. The highest BCUT2D eigenvalue weighted by Crippen LogP contribution is 2.39. The molecule has 0 saturated carbocycles. The molecule has 0 spiro atoms. The molecule has 0 radical (unpaired) electrons. The van der Waals surface area contributed by atoms with Gasteiger partial charge in [-0.2, -0.15) is 0 Å². The highest BCUT2D eigenvalue weighted by Gasteiger charge is 2.19. The normalized spacial score (nSPS) is 11.2. The largest absolute Gasteiger partial charge is 0.507 e. The predicted octanol–water partition coefficient (Wildman–Crippen LogP) is 6.38. The van der Waals surface area contributed by atoms with E-state index in [2.05, 4.69) is 4.98 Å². The summed E-state index contributed by atoms with van der Waals surface area (Å²) in [4.78, 5) is 8.43. The molecule has 32 heavy (non-hydrogen) atoms. The first-order chi connectivity index (χ1) is 15.1. The minimum atomic E-state index is 0.284. The van der Waals surface area contributed by atoms with Crippen molar-refractivity contribution in [2.24, 2.45) is 0 Å². The number of nitrogens with zero attached hydrogens (tertiary/aromatic N) is 1. The van der Waals surface area contributed by atoms with Crippen LogP contribution in [0.5, 0.6) is 17.2 Å². The number of hydrogen-bond acceptors (Lipinski definition) is 4. The lowest BCUT2D eigenvalue weighted by Crippen LogP contribution is -1.90. The SMILES string of the molecule is Cc1cc(-c2nc(-c3cc(C)c(O)c(C)c3)c(-c3cc(C)c(O)c(C)c3)[nH]2)cc(C)c1O. The summed E-state index contributed by atoms with van der Waals surface area (Å²) in [6, 6.07) is 11.6. The Kier molecular flexibility index (Phi) is 5.21. The van der Waals surface area contributed by atoms with E-state index in [-0.39, 0.29) is 17.2 Å². The summed E-state index contributed by atoms with van der Waals surface area (Å²) in [7, 11) is 0. The molecule has 1 heterocycles. The van der Waals surface area contributed by atoms with Crippen molar-refractivity contribution in [2.45, 2.75) is 41.5 Å². The van der Waals surface area contributed by atoms with Crippen LogP contribution in [0.4, 0.5) is 0 Å². The molecule has 4 aromatic rings. The van der Waals surface area contributed by atoms with Gasteiger partial charge in [-0.05, 0) is 111 Å². The summed E-state index contributed by atoms with van der Waals surface area (Å²) in [6.45, 7) is 11.3. The van der Waals surface area contributed by atoms with Gasteiger partial charge in [0.15, 0.2) is 0 Å². The molecule has 0 atom stereocenters. The summed E-state index contributed by atoms with van der Waals surface area (Å²) < 4.78 is 0. The third-order valence-electron chi connectivity index (χ3n) is 6.01. The van der Waals surface area contributed by atoms with Crippen LogP contribution in [0.3, 0.4) is 0 Å². The van der Waals surface area contributed by atoms with Gasteiger partial charge < -0.3 is 20.3 Å². The molecular weight excluding hydrogens is 400 g/mol. The fourth-order valence-electron chi connectivity index (χ4n) is 4.21. The summed E-state index contributed by atoms with van der Waals surface area (Å²) >= 11 is 0. The van der Waals surface area contributed by atoms with Gasteiger partial charge in [-0.1, -0.05) is 0 Å². The topological polar surface area (TPSA) is 89.4 Å². The maximum atomic E-state index is 10.3. The summed E-state index contributed by atoms with van der Waals surface area (Å²) in [6.07, 6.45) is 0. The van der Waals surface area contributed by atoms with Crippen LogP contribution in [-0.4, -0.2) is 25.3 Å². The molecule has 0 bridgehead atoms. The number of nitrogens with one attached hydrogen (secondary N) is 1. The summed E-state index contributed by atoms with van der Waals surface area (Å²) in [5.41, 5.74) is 9.00. The molecule has 0 aliphatic carbocycles. The van der Waals surface area contributed by atoms with E-state index in [9.17, 15) is 15.3 Å². The number of benzene rings is 3. The van der Waals surface area contributed by atoms with Crippen molar-refractivity contribution in [1.29, 1.82) is 0 Å². The van der Waals surface area contributed by atoms with Crippen LogP contribution in [0.1, 0.15) is 33.4 Å². The number of hydrogen-bond donors (Lipinski definition) is 4. The Hall–Kier alpha value is -3.73. The van der Waals surface area contributed by atoms with E-state index in [0.717, 1.165) is 61.5 Å². The summed E-state index contributed by atoms with van der Waals surface area (Å²) in [5, 5.41) is 30.7. The van der Waals surface area contributed by atoms with Crippen LogP contribution in [0.25, 0.3) is 33.9 Å². The maximum Gasteiger partial charge on any atom is 0.138 e. The Bertz CT molecular complexity index is 1220. The summed E-state index contributed by atoms with van der Waals surface area (Å²) in [5.74, 6) is 1.55. The highest BCUT2D eigenvalue weighted by molar-refractivity contribution is 5.83. The minimum Gasteiger partial charge on any atom is -0.507 e. The smallest absolute Gasteiger partial charge is 0.138 e. The Morgan fingerprint density at radius 1 is 0.531 bits per heavy atom. The Labute approximate surface area is 188 Å². The van der Waals surface area contributed by atoms with Crippen LogP contribution in [0.2, 0.25) is 0 Å². The van der Waals surface area contributed by atoms with Crippen LogP contribution in [0.15, 0.2) is 36.4 Å². The van der Waals surface area contributed by atoms with E-state index < -0.39 is 0 Å². The number of rotatable bonds is 3. The Morgan fingerprint density at radius 2 is 0.875 bits per heavy atom. The van der Waals surface area contributed by atoms with Crippen LogP contribution in [-0.2, 0) is 0 Å². The number of H-pyrrole nitrogens is 1. The average molecular weight is 429 g/mol. The molecule has 3 aromatic carbocycles. The number of aromatic hydroxyl groups is 3. The zero-order valence-electron chi connectivity index (χ0n) is 19.3. The highest BCUT2D eigenvalue weighted by atomic mass is 16.3. The van der Waals surface area contributed by atoms with E-state index in [1.165, 1.54) is 0 Å². The van der Waals surface area contributed by atoms with Crippen LogP contribution < -0.4 is 0 Å². The molecule has 0 aliphatic heterocycles. The first kappa shape index (κ1) is 21.5. The number of aromatic amines is 1. The van der Waals surface area contributed by atoms with Gasteiger partial charge in [0.05, 0.1) is 11.4 Å². The van der Waals surface area contributed by atoms with Crippen molar-refractivity contribution < 1.29 is 15.3 Å². The van der Waals surface area contributed by atoms with Gasteiger partial charge in [-0.15, -0.1) is 0 Å². The van der Waals surface area contributed by atoms with Gasteiger partial charge in [0.1, 0.15) is 23.1 Å². The number of imidazole rings is 1. The van der Waals surface area contributed by atoms with Crippen LogP contribution in [0, 0.1) is 41.5 Å². The standard InChI is InChI=1S/C27H28N2O3/c1-13-7-19(8-14(2)24(13)30)22-23(20-9-15(3)25(31)16(4)10-20)29-27(28-22)21-11-17(5)26(32)18(6)12-21/h7-12,30-32H,1-6H3,(H,28,29). The Balaban J connectivity index is 2.00. The van der Waals surface area contributed by atoms with Gasteiger partial charge in [-0.3, -0.25) is 0 Å². The van der Waals surface area contributed by atoms with E-state index in [0.29, 0.717) is 5.82 Å². The zero-order valence-corrected chi connectivity index (χ0v) is 19.3. The second-order valence-electron chi connectivity index (χ2n) is 8.68. The van der Waals surface area contributed by atoms with Crippen molar-refractivity contribution in [3.05, 3.63) is 69.8 Å². The quantitative estimate of drug-likeness (QED) is 0.305. The molecule has 0 saturated heterocycles. The van der Waals surface area contributed by atoms with E-state index in [4.69, 9.17) is 4.98 Å². The van der Waals surface area contributed by atoms with Crippen molar-refractivity contribution in [2.75, 3.05) is 0 Å². The molecular formula is C27H28N2O3. The van der Waals surface area contributed by atoms with Crippen LogP contribution >= 0.6 is 0 Å². The monoisotopic (exact) mass is 428 g/mol. The van der Waals surface area contributed by atoms with Gasteiger partial charge in [-0.25, -0.2) is 4.98 Å². The fraction of sp³-hybridized carbons (Fsp3) is 0.222. The molecule has 5 nitrogen and oxygen atoms in total. The van der Waals surface area contributed by atoms with E-state index in [1.807, 2.05) is 77.9 Å². The van der Waals surface area contributed by atoms with E-state index in [1.54, 1.807) is 0 Å². The second-order valence-corrected chi connectivity index (χ2v) is 8.68. The Morgan fingerprint density at radius 3 is 1.28 bits per heavy atom. The molecule has 4 rings (SSSR count). The second kappa shape index (κ2) is 7.75. The predicted molar refractivity (Wildman–Crippen MR) is 128 cm³/mol.